The summed E-state index contributed by atoms with van der Waals surface area (Å²) in [7, 11) is 0. The third-order valence-corrected chi connectivity index (χ3v) is 2.12. The van der Waals surface area contributed by atoms with Gasteiger partial charge in [-0.2, -0.15) is 4.21 Å². The van der Waals surface area contributed by atoms with E-state index in [2.05, 4.69) is 0 Å². The van der Waals surface area contributed by atoms with Crippen molar-refractivity contribution < 1.29 is 22.9 Å². The van der Waals surface area contributed by atoms with Crippen LogP contribution in [0.15, 0.2) is 0 Å². The van der Waals surface area contributed by atoms with E-state index in [9.17, 15) is 9.59 Å². The standard InChI is InChI=1S/C8H12O2.H2O3S/c9-6-8(10)7-4-2-1-3-5-7;1-4(2)3/h6-7H,1-5H2;(H2,1,2,3). The van der Waals surface area contributed by atoms with Gasteiger partial charge in [0.05, 0.1) is 0 Å². The van der Waals surface area contributed by atoms with Crippen LogP contribution in [0.25, 0.3) is 0 Å². The number of ketones is 1. The zero-order chi connectivity index (χ0) is 11.0. The largest absolute Gasteiger partial charge is 0.299 e. The highest BCUT2D eigenvalue weighted by Gasteiger charge is 2.19. The SMILES string of the molecule is O=CC(=O)C1CCCCC1.O=S(O)O. The van der Waals surface area contributed by atoms with Gasteiger partial charge < -0.3 is 0 Å². The van der Waals surface area contributed by atoms with E-state index in [4.69, 9.17) is 13.3 Å². The smallest absolute Gasteiger partial charge is 0.295 e. The Hall–Kier alpha value is -0.590. The first-order valence-electron chi connectivity index (χ1n) is 4.37. The third-order valence-electron chi connectivity index (χ3n) is 2.12. The molecule has 0 spiro atoms. The first-order chi connectivity index (χ1) is 6.57. The summed E-state index contributed by atoms with van der Waals surface area (Å²) in [5.41, 5.74) is 0. The van der Waals surface area contributed by atoms with E-state index < -0.39 is 11.4 Å². The van der Waals surface area contributed by atoms with Crippen LogP contribution in [-0.2, 0) is 21.0 Å². The molecular formula is C8H14O5S. The first-order valence-corrected chi connectivity index (χ1v) is 5.43. The highest BCUT2D eigenvalue weighted by atomic mass is 32.2. The van der Waals surface area contributed by atoms with Gasteiger partial charge in [0, 0.05) is 5.92 Å². The lowest BCUT2D eigenvalue weighted by molar-refractivity contribution is -0.133. The average molecular weight is 222 g/mol. The Labute approximate surface area is 85.0 Å². The molecule has 1 rings (SSSR count). The number of rotatable bonds is 2. The summed E-state index contributed by atoms with van der Waals surface area (Å²) >= 11 is -2.61. The quantitative estimate of drug-likeness (QED) is 0.413. The lowest BCUT2D eigenvalue weighted by Gasteiger charge is -2.17. The third kappa shape index (κ3) is 6.88. The molecule has 2 N–H and O–H groups in total. The molecule has 0 aliphatic heterocycles. The number of hydrogen-bond acceptors (Lipinski definition) is 3. The summed E-state index contributed by atoms with van der Waals surface area (Å²) in [5, 5.41) is 0. The predicted molar refractivity (Wildman–Crippen MR) is 51.0 cm³/mol. The molecule has 0 bridgehead atoms. The lowest BCUT2D eigenvalue weighted by Crippen LogP contribution is -2.18. The van der Waals surface area contributed by atoms with Crippen LogP contribution >= 0.6 is 0 Å². The molecule has 5 nitrogen and oxygen atoms in total. The molecule has 1 aliphatic carbocycles. The van der Waals surface area contributed by atoms with E-state index in [1.54, 1.807) is 0 Å². The topological polar surface area (TPSA) is 91.7 Å². The van der Waals surface area contributed by atoms with Crippen molar-refractivity contribution in [2.75, 3.05) is 0 Å². The highest BCUT2D eigenvalue weighted by Crippen LogP contribution is 2.23. The van der Waals surface area contributed by atoms with Crippen molar-refractivity contribution >= 4 is 23.4 Å². The summed E-state index contributed by atoms with van der Waals surface area (Å²) in [6.07, 6.45) is 5.78. The number of carbonyl (C=O) groups excluding carboxylic acids is 2. The zero-order valence-electron chi connectivity index (χ0n) is 7.72. The Balaban J connectivity index is 0.000000364. The van der Waals surface area contributed by atoms with Gasteiger partial charge in [-0.05, 0) is 12.8 Å². The fourth-order valence-corrected chi connectivity index (χ4v) is 1.48. The molecule has 0 unspecified atom stereocenters. The predicted octanol–water partition coefficient (Wildman–Crippen LogP) is 1.02. The van der Waals surface area contributed by atoms with E-state index in [0.717, 1.165) is 25.7 Å². The zero-order valence-corrected chi connectivity index (χ0v) is 8.53. The van der Waals surface area contributed by atoms with Crippen molar-refractivity contribution in [1.29, 1.82) is 0 Å². The lowest BCUT2D eigenvalue weighted by atomic mass is 9.87. The fraction of sp³-hybridized carbons (Fsp3) is 0.750. The van der Waals surface area contributed by atoms with Crippen LogP contribution in [0.3, 0.4) is 0 Å². The van der Waals surface area contributed by atoms with Crippen molar-refractivity contribution in [3.63, 3.8) is 0 Å². The Bertz CT molecular complexity index is 206. The van der Waals surface area contributed by atoms with E-state index in [1.165, 1.54) is 6.42 Å². The van der Waals surface area contributed by atoms with Crippen LogP contribution in [-0.4, -0.2) is 25.4 Å². The molecule has 0 aromatic rings. The number of hydrogen-bond donors (Lipinski definition) is 2. The van der Waals surface area contributed by atoms with Gasteiger partial charge in [-0.1, -0.05) is 19.3 Å². The molecule has 1 fully saturated rings. The summed E-state index contributed by atoms with van der Waals surface area (Å²) < 4.78 is 22.8. The maximum absolute atomic E-state index is 10.8. The first kappa shape index (κ1) is 13.4. The maximum atomic E-state index is 10.8. The van der Waals surface area contributed by atoms with Crippen LogP contribution in [0.2, 0.25) is 0 Å². The average Bonchev–Trinajstić information content (AvgIpc) is 2.17. The number of Topliss-reactive ketones (excluding diaryl/α,β-unsaturated/α-hetero) is 1. The van der Waals surface area contributed by atoms with Gasteiger partial charge in [-0.15, -0.1) is 0 Å². The molecule has 0 heterocycles. The van der Waals surface area contributed by atoms with E-state index in [0.29, 0.717) is 6.29 Å². The molecule has 6 heteroatoms. The number of aldehydes is 1. The van der Waals surface area contributed by atoms with E-state index in [-0.39, 0.29) is 11.7 Å². The van der Waals surface area contributed by atoms with Gasteiger partial charge >= 0.3 is 0 Å². The summed E-state index contributed by atoms with van der Waals surface area (Å²) in [5.74, 6) is -0.133. The second-order valence-electron chi connectivity index (χ2n) is 3.09. The Morgan fingerprint density at radius 3 is 2.00 bits per heavy atom. The van der Waals surface area contributed by atoms with Crippen molar-refractivity contribution in [2.45, 2.75) is 32.1 Å². The van der Waals surface area contributed by atoms with Crippen LogP contribution in [0, 0.1) is 5.92 Å². The minimum atomic E-state index is -2.61. The normalized spacial score (nSPS) is 17.1. The van der Waals surface area contributed by atoms with Gasteiger partial charge in [-0.25, -0.2) is 0 Å². The minimum absolute atomic E-state index is 0.0613. The molecule has 0 amide bonds. The molecule has 0 aromatic carbocycles. The van der Waals surface area contributed by atoms with Crippen LogP contribution in [0.4, 0.5) is 0 Å². The second-order valence-corrected chi connectivity index (χ2v) is 3.55. The second kappa shape index (κ2) is 7.78. The Kier molecular flexibility index (Phi) is 7.45. The summed E-state index contributed by atoms with van der Waals surface area (Å²) in [6.45, 7) is 0. The minimum Gasteiger partial charge on any atom is -0.295 e. The molecule has 14 heavy (non-hydrogen) atoms. The molecule has 0 aromatic heterocycles. The maximum Gasteiger partial charge on any atom is 0.299 e. The summed E-state index contributed by atoms with van der Waals surface area (Å²) in [4.78, 5) is 20.9. The molecular weight excluding hydrogens is 208 g/mol. The molecule has 0 saturated heterocycles. The monoisotopic (exact) mass is 222 g/mol. The van der Waals surface area contributed by atoms with E-state index in [1.807, 2.05) is 0 Å². The van der Waals surface area contributed by atoms with Crippen molar-refractivity contribution in [3.8, 4) is 0 Å². The molecule has 82 valence electrons. The fourth-order valence-electron chi connectivity index (χ4n) is 1.48. The van der Waals surface area contributed by atoms with E-state index >= 15 is 0 Å². The van der Waals surface area contributed by atoms with Gasteiger partial charge in [0.2, 0.25) is 0 Å². The highest BCUT2D eigenvalue weighted by molar-refractivity contribution is 7.73. The molecule has 0 radical (unpaired) electrons. The Morgan fingerprint density at radius 1 is 1.21 bits per heavy atom. The molecule has 0 atom stereocenters. The molecule has 1 aliphatic rings. The van der Waals surface area contributed by atoms with Gasteiger partial charge in [0.25, 0.3) is 11.4 Å². The number of carbonyl (C=O) groups is 2. The van der Waals surface area contributed by atoms with Crippen LogP contribution in [0.1, 0.15) is 32.1 Å². The van der Waals surface area contributed by atoms with Gasteiger partial charge in [0.15, 0.2) is 12.1 Å². The van der Waals surface area contributed by atoms with Crippen LogP contribution < -0.4 is 0 Å². The summed E-state index contributed by atoms with van der Waals surface area (Å²) in [6, 6.07) is 0. The van der Waals surface area contributed by atoms with Gasteiger partial charge in [-0.3, -0.25) is 18.7 Å². The van der Waals surface area contributed by atoms with Crippen LogP contribution in [0.5, 0.6) is 0 Å². The van der Waals surface area contributed by atoms with Gasteiger partial charge in [0.1, 0.15) is 0 Å². The van der Waals surface area contributed by atoms with Crippen molar-refractivity contribution in [2.24, 2.45) is 5.92 Å². The molecule has 1 saturated carbocycles. The van der Waals surface area contributed by atoms with Crippen molar-refractivity contribution in [1.82, 2.24) is 0 Å². The Morgan fingerprint density at radius 2 is 1.64 bits per heavy atom. The van der Waals surface area contributed by atoms with Crippen molar-refractivity contribution in [3.05, 3.63) is 0 Å².